The minimum absolute atomic E-state index is 0.270. The van der Waals surface area contributed by atoms with Gasteiger partial charge in [-0.05, 0) is 54.1 Å². The number of carbonyl (C=O) groups is 2. The number of thioether (sulfide) groups is 1. The lowest BCUT2D eigenvalue weighted by Gasteiger charge is -2.17. The van der Waals surface area contributed by atoms with Crippen LogP contribution in [0.25, 0.3) is 10.6 Å². The Hall–Kier alpha value is -2.36. The molecule has 2 aromatic heterocycles. The molecule has 0 fully saturated rings. The summed E-state index contributed by atoms with van der Waals surface area (Å²) in [6, 6.07) is 10.1. The van der Waals surface area contributed by atoms with Gasteiger partial charge in [-0.1, -0.05) is 6.07 Å². The van der Waals surface area contributed by atoms with E-state index in [-0.39, 0.29) is 11.8 Å². The largest absolute Gasteiger partial charge is 0.497 e. The van der Waals surface area contributed by atoms with Crippen LogP contribution in [0.1, 0.15) is 16.8 Å². The van der Waals surface area contributed by atoms with Crippen molar-refractivity contribution in [1.29, 1.82) is 0 Å². The molecule has 6 nitrogen and oxygen atoms in total. The number of nitrogens with one attached hydrogen (secondary N) is 2. The first-order valence-corrected chi connectivity index (χ1v) is 12.0. The average molecular weight is 448 g/mol. The van der Waals surface area contributed by atoms with Crippen molar-refractivity contribution < 1.29 is 14.3 Å². The molecule has 3 aromatic rings. The first-order chi connectivity index (χ1) is 14.1. The van der Waals surface area contributed by atoms with Crippen LogP contribution in [0.2, 0.25) is 0 Å². The fraction of sp³-hybridized carbons (Fsp3) is 0.250. The molecule has 0 aliphatic heterocycles. The van der Waals surface area contributed by atoms with Crippen molar-refractivity contribution in [2.45, 2.75) is 12.5 Å². The number of carbonyl (C=O) groups excluding carboxylic acids is 2. The smallest absolute Gasteiger partial charge is 0.251 e. The van der Waals surface area contributed by atoms with E-state index in [0.717, 1.165) is 16.3 Å². The van der Waals surface area contributed by atoms with Gasteiger partial charge >= 0.3 is 0 Å². The summed E-state index contributed by atoms with van der Waals surface area (Å²) in [5, 5.41) is 10.1. The van der Waals surface area contributed by atoms with E-state index in [9.17, 15) is 9.59 Å². The first-order valence-electron chi connectivity index (χ1n) is 8.85. The topological polar surface area (TPSA) is 80.3 Å². The fourth-order valence-corrected chi connectivity index (χ4v) is 4.50. The fourth-order valence-electron chi connectivity index (χ4n) is 2.55. The number of methoxy groups -OCH3 is 1. The van der Waals surface area contributed by atoms with Gasteiger partial charge in [0.2, 0.25) is 5.91 Å². The molecule has 1 atom stereocenters. The predicted molar refractivity (Wildman–Crippen MR) is 121 cm³/mol. The maximum atomic E-state index is 12.8. The van der Waals surface area contributed by atoms with Crippen LogP contribution in [0, 0.1) is 0 Å². The Morgan fingerprint density at radius 2 is 2.00 bits per heavy atom. The summed E-state index contributed by atoms with van der Waals surface area (Å²) < 4.78 is 5.11. The summed E-state index contributed by atoms with van der Waals surface area (Å²) in [5.41, 5.74) is 1.31. The number of rotatable bonds is 9. The highest BCUT2D eigenvalue weighted by Crippen LogP contribution is 2.28. The number of hydrogen-bond donors (Lipinski definition) is 2. The van der Waals surface area contributed by atoms with Crippen LogP contribution in [0.15, 0.2) is 47.2 Å². The van der Waals surface area contributed by atoms with Crippen LogP contribution in [0.3, 0.4) is 0 Å². The maximum Gasteiger partial charge on any atom is 0.251 e. The number of aromatic nitrogens is 1. The minimum Gasteiger partial charge on any atom is -0.497 e. The highest BCUT2D eigenvalue weighted by molar-refractivity contribution is 7.98. The average Bonchev–Trinajstić information content (AvgIpc) is 3.42. The lowest BCUT2D eigenvalue weighted by molar-refractivity contribution is -0.118. The van der Waals surface area contributed by atoms with Crippen molar-refractivity contribution in [3.8, 4) is 16.3 Å². The molecule has 0 saturated heterocycles. The van der Waals surface area contributed by atoms with Gasteiger partial charge in [0, 0.05) is 10.9 Å². The molecule has 9 heteroatoms. The van der Waals surface area contributed by atoms with E-state index in [0.29, 0.717) is 22.9 Å². The third kappa shape index (κ3) is 5.81. The number of anilines is 1. The van der Waals surface area contributed by atoms with Crippen molar-refractivity contribution >= 4 is 51.4 Å². The SMILES string of the molecule is COc1ccc(C(=O)N[C@@H](CCSC)C(=O)Nc2nc(-c3cccs3)cs2)cc1. The van der Waals surface area contributed by atoms with Crippen molar-refractivity contribution in [3.05, 3.63) is 52.7 Å². The lowest BCUT2D eigenvalue weighted by atomic mass is 10.1. The van der Waals surface area contributed by atoms with Gasteiger partial charge in [-0.2, -0.15) is 11.8 Å². The molecule has 0 bridgehead atoms. The van der Waals surface area contributed by atoms with E-state index in [1.54, 1.807) is 54.5 Å². The van der Waals surface area contributed by atoms with Gasteiger partial charge in [-0.3, -0.25) is 9.59 Å². The van der Waals surface area contributed by atoms with Gasteiger partial charge in [-0.25, -0.2) is 4.98 Å². The zero-order valence-electron chi connectivity index (χ0n) is 16.0. The molecule has 3 rings (SSSR count). The Labute approximate surface area is 181 Å². The van der Waals surface area contributed by atoms with Crippen LogP contribution in [0.5, 0.6) is 5.75 Å². The van der Waals surface area contributed by atoms with Crippen LogP contribution in [-0.2, 0) is 4.79 Å². The molecule has 0 aliphatic rings. The molecule has 1 aromatic carbocycles. The zero-order valence-corrected chi connectivity index (χ0v) is 18.5. The molecule has 2 amide bonds. The van der Waals surface area contributed by atoms with Crippen molar-refractivity contribution in [2.75, 3.05) is 24.4 Å². The number of hydrogen-bond acceptors (Lipinski definition) is 7. The second-order valence-corrected chi connectivity index (χ2v) is 8.83. The van der Waals surface area contributed by atoms with Gasteiger partial charge in [-0.15, -0.1) is 22.7 Å². The van der Waals surface area contributed by atoms with E-state index in [1.165, 1.54) is 11.3 Å². The Morgan fingerprint density at radius 1 is 1.21 bits per heavy atom. The zero-order chi connectivity index (χ0) is 20.6. The summed E-state index contributed by atoms with van der Waals surface area (Å²) in [7, 11) is 1.57. The van der Waals surface area contributed by atoms with Crippen LogP contribution in [0.4, 0.5) is 5.13 Å². The van der Waals surface area contributed by atoms with E-state index in [2.05, 4.69) is 15.6 Å². The third-order valence-corrected chi connectivity index (χ3v) is 6.39. The van der Waals surface area contributed by atoms with Gasteiger partial charge in [0.1, 0.15) is 11.8 Å². The van der Waals surface area contributed by atoms with Crippen molar-refractivity contribution in [1.82, 2.24) is 10.3 Å². The van der Waals surface area contributed by atoms with Gasteiger partial charge in [0.25, 0.3) is 5.91 Å². The lowest BCUT2D eigenvalue weighted by Crippen LogP contribution is -2.44. The monoisotopic (exact) mass is 447 g/mol. The number of ether oxygens (including phenoxy) is 1. The van der Waals surface area contributed by atoms with Crippen molar-refractivity contribution in [3.63, 3.8) is 0 Å². The van der Waals surface area contributed by atoms with E-state index < -0.39 is 6.04 Å². The normalized spacial score (nSPS) is 11.7. The van der Waals surface area contributed by atoms with Crippen molar-refractivity contribution in [2.24, 2.45) is 0 Å². The number of thiazole rings is 1. The van der Waals surface area contributed by atoms with Gasteiger partial charge in [0.05, 0.1) is 17.7 Å². The number of benzene rings is 1. The summed E-state index contributed by atoms with van der Waals surface area (Å²) in [5.74, 6) is 0.850. The van der Waals surface area contributed by atoms with Crippen LogP contribution in [-0.4, -0.2) is 42.0 Å². The molecule has 0 aliphatic carbocycles. The molecule has 0 saturated carbocycles. The predicted octanol–water partition coefficient (Wildman–Crippen LogP) is 4.37. The van der Waals surface area contributed by atoms with Crippen LogP contribution < -0.4 is 15.4 Å². The minimum atomic E-state index is -0.647. The van der Waals surface area contributed by atoms with Gasteiger partial charge in [0.15, 0.2) is 5.13 Å². The molecule has 0 unspecified atom stereocenters. The number of nitrogens with zero attached hydrogens (tertiary/aromatic N) is 1. The quantitative estimate of drug-likeness (QED) is 0.509. The Balaban J connectivity index is 1.66. The second kappa shape index (κ2) is 10.4. The van der Waals surface area contributed by atoms with E-state index in [4.69, 9.17) is 4.74 Å². The van der Waals surface area contributed by atoms with Gasteiger partial charge < -0.3 is 15.4 Å². The third-order valence-electron chi connectivity index (χ3n) is 4.09. The number of amides is 2. The molecular formula is C20H21N3O3S3. The molecule has 152 valence electrons. The summed E-state index contributed by atoms with van der Waals surface area (Å²) in [6.07, 6.45) is 2.49. The highest BCUT2D eigenvalue weighted by Gasteiger charge is 2.22. The molecule has 2 N–H and O–H groups in total. The summed E-state index contributed by atoms with van der Waals surface area (Å²) in [6.45, 7) is 0. The summed E-state index contributed by atoms with van der Waals surface area (Å²) >= 11 is 4.59. The molecule has 0 spiro atoms. The molecule has 0 radical (unpaired) electrons. The molecule has 29 heavy (non-hydrogen) atoms. The molecular weight excluding hydrogens is 426 g/mol. The maximum absolute atomic E-state index is 12.8. The number of thiophene rings is 1. The Kier molecular flexibility index (Phi) is 7.68. The molecule has 2 heterocycles. The Bertz CT molecular complexity index is 940. The Morgan fingerprint density at radius 3 is 2.66 bits per heavy atom. The van der Waals surface area contributed by atoms with Crippen LogP contribution >= 0.6 is 34.4 Å². The van der Waals surface area contributed by atoms with E-state index in [1.807, 2.05) is 29.1 Å². The highest BCUT2D eigenvalue weighted by atomic mass is 32.2. The second-order valence-electron chi connectivity index (χ2n) is 6.04. The first kappa shape index (κ1) is 21.4. The summed E-state index contributed by atoms with van der Waals surface area (Å²) in [4.78, 5) is 30.9. The van der Waals surface area contributed by atoms with E-state index >= 15 is 0 Å². The standard InChI is InChI=1S/C20H21N3O3S3/c1-26-14-7-5-13(6-8-14)18(24)21-15(9-11-27-2)19(25)23-20-22-16(12-29-20)17-4-3-10-28-17/h3-8,10,12,15H,9,11H2,1-2H3,(H,21,24)(H,22,23,25)/t15-/m0/s1.